The zero-order chi connectivity index (χ0) is 14.5. The van der Waals surface area contributed by atoms with Crippen molar-refractivity contribution in [2.75, 3.05) is 6.54 Å². The average molecular weight is 280 g/mol. The molecule has 0 bridgehead atoms. The molecule has 0 spiro atoms. The van der Waals surface area contributed by atoms with Crippen LogP contribution < -0.4 is 5.32 Å². The SMILES string of the molecule is [CH2]CCCCCCCCCCNC(=O)C1CCCCC1. The van der Waals surface area contributed by atoms with Gasteiger partial charge in [-0.1, -0.05) is 77.6 Å². The van der Waals surface area contributed by atoms with E-state index in [0.717, 1.165) is 32.2 Å². The third-order valence-corrected chi connectivity index (χ3v) is 4.45. The van der Waals surface area contributed by atoms with Crippen LogP contribution in [0, 0.1) is 12.8 Å². The van der Waals surface area contributed by atoms with Crippen LogP contribution in [-0.2, 0) is 4.79 Å². The molecule has 1 N–H and O–H groups in total. The number of carbonyl (C=O) groups is 1. The molecule has 0 atom stereocenters. The first kappa shape index (κ1) is 17.5. The first-order valence-corrected chi connectivity index (χ1v) is 8.91. The van der Waals surface area contributed by atoms with Gasteiger partial charge in [-0.15, -0.1) is 0 Å². The Bertz CT molecular complexity index is 234. The van der Waals surface area contributed by atoms with Gasteiger partial charge in [0.2, 0.25) is 5.91 Å². The predicted molar refractivity (Wildman–Crippen MR) is 86.5 cm³/mol. The summed E-state index contributed by atoms with van der Waals surface area (Å²) in [7, 11) is 0. The maximum Gasteiger partial charge on any atom is 0.223 e. The molecule has 1 aliphatic carbocycles. The number of hydrogen-bond donors (Lipinski definition) is 1. The van der Waals surface area contributed by atoms with Crippen molar-refractivity contribution in [1.29, 1.82) is 0 Å². The Hall–Kier alpha value is -0.530. The third kappa shape index (κ3) is 8.60. The lowest BCUT2D eigenvalue weighted by molar-refractivity contribution is -0.125. The summed E-state index contributed by atoms with van der Waals surface area (Å²) in [6, 6.07) is 0. The molecule has 0 aromatic rings. The maximum atomic E-state index is 11.9. The van der Waals surface area contributed by atoms with Crippen LogP contribution in [0.2, 0.25) is 0 Å². The highest BCUT2D eigenvalue weighted by Gasteiger charge is 2.20. The minimum Gasteiger partial charge on any atom is -0.356 e. The van der Waals surface area contributed by atoms with Gasteiger partial charge in [-0.25, -0.2) is 0 Å². The van der Waals surface area contributed by atoms with Crippen LogP contribution in [0.5, 0.6) is 0 Å². The molecule has 1 aliphatic rings. The zero-order valence-electron chi connectivity index (χ0n) is 13.3. The summed E-state index contributed by atoms with van der Waals surface area (Å²) < 4.78 is 0. The molecule has 1 saturated carbocycles. The Labute approximate surface area is 126 Å². The van der Waals surface area contributed by atoms with Crippen LogP contribution in [0.4, 0.5) is 0 Å². The lowest BCUT2D eigenvalue weighted by Gasteiger charge is -2.20. The second-order valence-electron chi connectivity index (χ2n) is 6.31. The van der Waals surface area contributed by atoms with Gasteiger partial charge in [-0.3, -0.25) is 4.79 Å². The number of amides is 1. The van der Waals surface area contributed by atoms with Crippen molar-refractivity contribution in [3.8, 4) is 0 Å². The topological polar surface area (TPSA) is 29.1 Å². The van der Waals surface area contributed by atoms with Gasteiger partial charge in [0.15, 0.2) is 0 Å². The quantitative estimate of drug-likeness (QED) is 0.528. The second-order valence-corrected chi connectivity index (χ2v) is 6.31. The van der Waals surface area contributed by atoms with Crippen LogP contribution in [0.25, 0.3) is 0 Å². The fourth-order valence-electron chi connectivity index (χ4n) is 3.08. The number of rotatable bonds is 11. The molecule has 1 fully saturated rings. The van der Waals surface area contributed by atoms with Crippen molar-refractivity contribution in [3.63, 3.8) is 0 Å². The summed E-state index contributed by atoms with van der Waals surface area (Å²) in [6.07, 6.45) is 17.6. The normalized spacial score (nSPS) is 16.2. The number of nitrogens with one attached hydrogen (secondary N) is 1. The Morgan fingerprint density at radius 2 is 1.40 bits per heavy atom. The minimum atomic E-state index is 0.316. The molecule has 1 amide bonds. The number of unbranched alkanes of at least 4 members (excludes halogenated alkanes) is 8. The van der Waals surface area contributed by atoms with Gasteiger partial charge in [0, 0.05) is 12.5 Å². The summed E-state index contributed by atoms with van der Waals surface area (Å²) in [5, 5.41) is 3.13. The van der Waals surface area contributed by atoms with Crippen molar-refractivity contribution < 1.29 is 4.79 Å². The molecule has 20 heavy (non-hydrogen) atoms. The van der Waals surface area contributed by atoms with Gasteiger partial charge in [0.1, 0.15) is 0 Å². The lowest BCUT2D eigenvalue weighted by Crippen LogP contribution is -2.32. The van der Waals surface area contributed by atoms with Gasteiger partial charge in [0.05, 0.1) is 0 Å². The highest BCUT2D eigenvalue weighted by Crippen LogP contribution is 2.23. The van der Waals surface area contributed by atoms with E-state index in [1.165, 1.54) is 64.2 Å². The third-order valence-electron chi connectivity index (χ3n) is 4.45. The van der Waals surface area contributed by atoms with Crippen LogP contribution >= 0.6 is 0 Å². The first-order chi connectivity index (χ1) is 9.84. The Morgan fingerprint density at radius 3 is 2.00 bits per heavy atom. The van der Waals surface area contributed by atoms with Crippen molar-refractivity contribution in [2.45, 2.75) is 89.9 Å². The van der Waals surface area contributed by atoms with E-state index in [4.69, 9.17) is 0 Å². The van der Waals surface area contributed by atoms with E-state index in [9.17, 15) is 4.79 Å². The standard InChI is InChI=1S/C18H34NO/c1-2-3-4-5-6-7-8-9-13-16-19-18(20)17-14-11-10-12-15-17/h17H,1-16H2,(H,19,20). The van der Waals surface area contributed by atoms with E-state index in [1.807, 2.05) is 0 Å². The van der Waals surface area contributed by atoms with Gasteiger partial charge >= 0.3 is 0 Å². The van der Waals surface area contributed by atoms with Crippen LogP contribution in [-0.4, -0.2) is 12.5 Å². The highest BCUT2D eigenvalue weighted by atomic mass is 16.1. The maximum absolute atomic E-state index is 11.9. The Balaban J connectivity index is 1.83. The Morgan fingerprint density at radius 1 is 0.850 bits per heavy atom. The summed E-state index contributed by atoms with van der Waals surface area (Å²) in [6.45, 7) is 4.75. The molecular formula is C18H34NO. The molecule has 0 unspecified atom stereocenters. The largest absolute Gasteiger partial charge is 0.356 e. The first-order valence-electron chi connectivity index (χ1n) is 8.91. The van der Waals surface area contributed by atoms with Crippen molar-refractivity contribution in [3.05, 3.63) is 6.92 Å². The fourth-order valence-corrected chi connectivity index (χ4v) is 3.08. The van der Waals surface area contributed by atoms with Crippen LogP contribution in [0.15, 0.2) is 0 Å². The summed E-state index contributed by atoms with van der Waals surface area (Å²) >= 11 is 0. The second kappa shape index (κ2) is 12.2. The summed E-state index contributed by atoms with van der Waals surface area (Å²) in [4.78, 5) is 11.9. The summed E-state index contributed by atoms with van der Waals surface area (Å²) in [5.41, 5.74) is 0. The van der Waals surface area contributed by atoms with E-state index in [2.05, 4.69) is 12.2 Å². The lowest BCUT2D eigenvalue weighted by atomic mass is 9.88. The molecule has 1 rings (SSSR count). The number of hydrogen-bond acceptors (Lipinski definition) is 1. The molecule has 117 valence electrons. The minimum absolute atomic E-state index is 0.316. The average Bonchev–Trinajstić information content (AvgIpc) is 2.50. The van der Waals surface area contributed by atoms with Crippen LogP contribution in [0.1, 0.15) is 89.9 Å². The fraction of sp³-hybridized carbons (Fsp3) is 0.889. The van der Waals surface area contributed by atoms with E-state index >= 15 is 0 Å². The van der Waals surface area contributed by atoms with Crippen LogP contribution in [0.3, 0.4) is 0 Å². The Kier molecular flexibility index (Phi) is 10.7. The molecule has 0 saturated heterocycles. The van der Waals surface area contributed by atoms with E-state index < -0.39 is 0 Å². The molecule has 0 aromatic carbocycles. The van der Waals surface area contributed by atoms with Crippen molar-refractivity contribution in [2.24, 2.45) is 5.92 Å². The smallest absolute Gasteiger partial charge is 0.223 e. The monoisotopic (exact) mass is 280 g/mol. The van der Waals surface area contributed by atoms with Crippen molar-refractivity contribution in [1.82, 2.24) is 5.32 Å². The highest BCUT2D eigenvalue weighted by molar-refractivity contribution is 5.78. The van der Waals surface area contributed by atoms with E-state index in [1.54, 1.807) is 0 Å². The predicted octanol–water partition coefficient (Wildman–Crippen LogP) is 5.03. The van der Waals surface area contributed by atoms with E-state index in [0.29, 0.717) is 11.8 Å². The summed E-state index contributed by atoms with van der Waals surface area (Å²) in [5.74, 6) is 0.634. The molecule has 0 aliphatic heterocycles. The van der Waals surface area contributed by atoms with Crippen molar-refractivity contribution >= 4 is 5.91 Å². The molecular weight excluding hydrogens is 246 g/mol. The molecule has 2 heteroatoms. The number of carbonyl (C=O) groups excluding carboxylic acids is 1. The zero-order valence-corrected chi connectivity index (χ0v) is 13.3. The molecule has 1 radical (unpaired) electrons. The van der Waals surface area contributed by atoms with Gasteiger partial charge in [0.25, 0.3) is 0 Å². The molecule has 0 heterocycles. The molecule has 0 aromatic heterocycles. The van der Waals surface area contributed by atoms with Gasteiger partial charge in [-0.05, 0) is 19.3 Å². The van der Waals surface area contributed by atoms with E-state index in [-0.39, 0.29) is 0 Å². The van der Waals surface area contributed by atoms with Gasteiger partial charge in [-0.2, -0.15) is 0 Å². The van der Waals surface area contributed by atoms with Gasteiger partial charge < -0.3 is 5.32 Å². The molecule has 2 nitrogen and oxygen atoms in total.